The molecule has 0 radical (unpaired) electrons. The van der Waals surface area contributed by atoms with Crippen molar-refractivity contribution in [2.45, 2.75) is 20.8 Å². The monoisotopic (exact) mass is 149 g/mol. The molecule has 1 rings (SSSR count). The molecule has 0 aliphatic heterocycles. The molecule has 0 aromatic heterocycles. The summed E-state index contributed by atoms with van der Waals surface area (Å²) in [6.07, 6.45) is 0. The van der Waals surface area contributed by atoms with Crippen LogP contribution in [0, 0.1) is 25.7 Å². The lowest BCUT2D eigenvalue weighted by Crippen LogP contribution is -1.81. The first-order valence-corrected chi connectivity index (χ1v) is 3.56. The zero-order valence-corrected chi connectivity index (χ0v) is 7.01. The third-order valence-corrected chi connectivity index (χ3v) is 1.73. The zero-order valence-electron chi connectivity index (χ0n) is 7.01. The first-order chi connectivity index (χ1) is 5.15. The summed E-state index contributed by atoms with van der Waals surface area (Å²) < 4.78 is 0. The van der Waals surface area contributed by atoms with E-state index in [1.807, 2.05) is 32.9 Å². The van der Waals surface area contributed by atoms with Crippen LogP contribution in [-0.2, 0) is 0 Å². The van der Waals surface area contributed by atoms with E-state index in [4.69, 9.17) is 0 Å². The van der Waals surface area contributed by atoms with Crippen LogP contribution >= 0.6 is 0 Å². The van der Waals surface area contributed by atoms with Crippen molar-refractivity contribution in [3.05, 3.63) is 33.7 Å². The highest BCUT2D eigenvalue weighted by Crippen LogP contribution is 2.24. The van der Waals surface area contributed by atoms with Crippen LogP contribution in [0.5, 0.6) is 0 Å². The highest BCUT2D eigenvalue weighted by Gasteiger charge is 2.02. The molecule has 0 aliphatic carbocycles. The van der Waals surface area contributed by atoms with Gasteiger partial charge in [-0.05, 0) is 37.1 Å². The van der Waals surface area contributed by atoms with Gasteiger partial charge in [-0.2, -0.15) is 0 Å². The fraction of sp³-hybridized carbons (Fsp3) is 0.333. The summed E-state index contributed by atoms with van der Waals surface area (Å²) in [6, 6.07) is 3.92. The van der Waals surface area contributed by atoms with Gasteiger partial charge in [0.1, 0.15) is 5.69 Å². The molecular formula is C9H11NO. The molecule has 58 valence electrons. The summed E-state index contributed by atoms with van der Waals surface area (Å²) in [6.45, 7) is 5.81. The van der Waals surface area contributed by atoms with Gasteiger partial charge >= 0.3 is 0 Å². The van der Waals surface area contributed by atoms with Crippen molar-refractivity contribution in [1.29, 1.82) is 0 Å². The minimum Gasteiger partial charge on any atom is -0.145 e. The average Bonchev–Trinajstić information content (AvgIpc) is 1.85. The standard InChI is InChI=1S/C9H11NO/c1-6-4-7(2)9(10-11)8(3)5-6/h4-5H,1-3H3. The molecular weight excluding hydrogens is 138 g/mol. The Balaban J connectivity index is 3.36. The number of aryl methyl sites for hydroxylation is 3. The van der Waals surface area contributed by atoms with Gasteiger partial charge in [-0.1, -0.05) is 17.7 Å². The van der Waals surface area contributed by atoms with Crippen LogP contribution in [0.1, 0.15) is 16.7 Å². The fourth-order valence-corrected chi connectivity index (χ4v) is 1.32. The second-order valence-electron chi connectivity index (χ2n) is 2.84. The van der Waals surface area contributed by atoms with E-state index in [0.29, 0.717) is 5.69 Å². The Morgan fingerprint density at radius 2 is 1.55 bits per heavy atom. The number of nitroso groups, excluding NO2 is 1. The number of hydrogen-bond acceptors (Lipinski definition) is 2. The molecule has 0 amide bonds. The van der Waals surface area contributed by atoms with E-state index in [0.717, 1.165) is 11.1 Å². The van der Waals surface area contributed by atoms with E-state index in [1.165, 1.54) is 5.56 Å². The van der Waals surface area contributed by atoms with Gasteiger partial charge < -0.3 is 0 Å². The first-order valence-electron chi connectivity index (χ1n) is 3.56. The summed E-state index contributed by atoms with van der Waals surface area (Å²) in [5, 5.41) is 2.96. The van der Waals surface area contributed by atoms with E-state index >= 15 is 0 Å². The Bertz CT molecular complexity index is 269. The van der Waals surface area contributed by atoms with E-state index in [-0.39, 0.29) is 0 Å². The van der Waals surface area contributed by atoms with E-state index in [2.05, 4.69) is 5.18 Å². The maximum Gasteiger partial charge on any atom is 0.113 e. The van der Waals surface area contributed by atoms with Crippen LogP contribution in [0.4, 0.5) is 5.69 Å². The van der Waals surface area contributed by atoms with Gasteiger partial charge in [-0.15, -0.1) is 4.91 Å². The molecule has 0 saturated heterocycles. The summed E-state index contributed by atoms with van der Waals surface area (Å²) in [5.41, 5.74) is 3.66. The van der Waals surface area contributed by atoms with Crippen molar-refractivity contribution in [2.24, 2.45) is 5.18 Å². The number of rotatable bonds is 1. The summed E-state index contributed by atoms with van der Waals surface area (Å²) >= 11 is 0. The third kappa shape index (κ3) is 1.45. The summed E-state index contributed by atoms with van der Waals surface area (Å²) in [5.74, 6) is 0. The fourth-order valence-electron chi connectivity index (χ4n) is 1.32. The topological polar surface area (TPSA) is 29.4 Å². The van der Waals surface area contributed by atoms with Gasteiger partial charge in [0.2, 0.25) is 0 Å². The van der Waals surface area contributed by atoms with E-state index in [1.54, 1.807) is 0 Å². The molecule has 0 heterocycles. The normalized spacial score (nSPS) is 9.73. The van der Waals surface area contributed by atoms with Crippen molar-refractivity contribution >= 4 is 5.69 Å². The van der Waals surface area contributed by atoms with Crippen molar-refractivity contribution in [3.8, 4) is 0 Å². The molecule has 0 N–H and O–H groups in total. The number of benzene rings is 1. The molecule has 0 unspecified atom stereocenters. The van der Waals surface area contributed by atoms with Gasteiger partial charge in [-0.25, -0.2) is 0 Å². The molecule has 0 bridgehead atoms. The second-order valence-corrected chi connectivity index (χ2v) is 2.84. The third-order valence-electron chi connectivity index (χ3n) is 1.73. The molecule has 0 atom stereocenters. The summed E-state index contributed by atoms with van der Waals surface area (Å²) in [7, 11) is 0. The molecule has 2 heteroatoms. The predicted molar refractivity (Wildman–Crippen MR) is 46.1 cm³/mol. The second kappa shape index (κ2) is 2.82. The maximum absolute atomic E-state index is 10.3. The lowest BCUT2D eigenvalue weighted by molar-refractivity contribution is 1.28. The smallest absolute Gasteiger partial charge is 0.113 e. The van der Waals surface area contributed by atoms with Crippen LogP contribution in [0.15, 0.2) is 17.3 Å². The first kappa shape index (κ1) is 7.92. The SMILES string of the molecule is Cc1cc(C)c(N=O)c(C)c1. The zero-order chi connectivity index (χ0) is 8.43. The van der Waals surface area contributed by atoms with Gasteiger partial charge in [-0.3, -0.25) is 0 Å². The molecule has 0 spiro atoms. The van der Waals surface area contributed by atoms with Crippen LogP contribution in [0.2, 0.25) is 0 Å². The van der Waals surface area contributed by atoms with Gasteiger partial charge in [0.25, 0.3) is 0 Å². The molecule has 0 aliphatic rings. The van der Waals surface area contributed by atoms with Crippen LogP contribution in [0.3, 0.4) is 0 Å². The molecule has 1 aromatic rings. The lowest BCUT2D eigenvalue weighted by atomic mass is 10.1. The molecule has 11 heavy (non-hydrogen) atoms. The van der Waals surface area contributed by atoms with Gasteiger partial charge in [0, 0.05) is 0 Å². The molecule has 2 nitrogen and oxygen atoms in total. The van der Waals surface area contributed by atoms with E-state index in [9.17, 15) is 4.91 Å². The van der Waals surface area contributed by atoms with Crippen molar-refractivity contribution in [1.82, 2.24) is 0 Å². The van der Waals surface area contributed by atoms with Gasteiger partial charge in [0.15, 0.2) is 0 Å². The molecule has 1 aromatic carbocycles. The highest BCUT2D eigenvalue weighted by atomic mass is 16.3. The summed E-state index contributed by atoms with van der Waals surface area (Å²) in [4.78, 5) is 10.3. The Hall–Kier alpha value is -1.18. The van der Waals surface area contributed by atoms with Crippen molar-refractivity contribution in [2.75, 3.05) is 0 Å². The maximum atomic E-state index is 10.3. The lowest BCUT2D eigenvalue weighted by Gasteiger charge is -2.02. The number of nitrogens with zero attached hydrogens (tertiary/aromatic N) is 1. The molecule has 0 fully saturated rings. The predicted octanol–water partition coefficient (Wildman–Crippen LogP) is 3.01. The molecule has 0 saturated carbocycles. The Morgan fingerprint density at radius 1 is 1.09 bits per heavy atom. The van der Waals surface area contributed by atoms with Crippen molar-refractivity contribution < 1.29 is 0 Å². The van der Waals surface area contributed by atoms with Crippen LogP contribution in [-0.4, -0.2) is 0 Å². The van der Waals surface area contributed by atoms with Gasteiger partial charge in [0.05, 0.1) is 0 Å². The minimum atomic E-state index is 0.579. The Labute approximate surface area is 66.2 Å². The Kier molecular flexibility index (Phi) is 2.03. The Morgan fingerprint density at radius 3 is 1.91 bits per heavy atom. The van der Waals surface area contributed by atoms with Crippen LogP contribution < -0.4 is 0 Å². The van der Waals surface area contributed by atoms with Crippen LogP contribution in [0.25, 0.3) is 0 Å². The average molecular weight is 149 g/mol. The quantitative estimate of drug-likeness (QED) is 0.564. The number of hydrogen-bond donors (Lipinski definition) is 0. The largest absolute Gasteiger partial charge is 0.145 e. The highest BCUT2D eigenvalue weighted by molar-refractivity contribution is 5.53. The minimum absolute atomic E-state index is 0.579. The van der Waals surface area contributed by atoms with E-state index < -0.39 is 0 Å². The van der Waals surface area contributed by atoms with Crippen molar-refractivity contribution in [3.63, 3.8) is 0 Å².